The van der Waals surface area contributed by atoms with Crippen molar-refractivity contribution in [2.45, 2.75) is 32.4 Å². The summed E-state index contributed by atoms with van der Waals surface area (Å²) in [7, 11) is -1.78. The topological polar surface area (TPSA) is 87.2 Å². The lowest BCUT2D eigenvalue weighted by molar-refractivity contribution is 0.660. The van der Waals surface area contributed by atoms with Crippen LogP contribution in [0.25, 0.3) is 255 Å². The molecule has 0 bridgehead atoms. The SMILES string of the molecule is CC1(C)c2ccccc2-c2ccc(-c3cccc(-n4c5ccccc5c5cc(-c6cccc(-c7nc(-c8ccccc8)nc(-c8cccc9cc%10ccccc%10cc89)n7)c6)ccc54)c3)cc21.C[Si]1(C)c2ccccc2-c2ccc(-c3ccc(-n4c5ccccc5c5cc(-c6ccc(-c7nc(-c8c9ccccc9cc9ccccc89)nc(-c8c9ccccc9cc9ccccc89)n7)cc6)ccc54)cc3)cc21. The normalized spacial score (nSPS) is 12.8. The van der Waals surface area contributed by atoms with Crippen molar-refractivity contribution in [2.24, 2.45) is 0 Å². The summed E-state index contributed by atoms with van der Waals surface area (Å²) in [5.41, 5.74) is 30.4. The maximum absolute atomic E-state index is 5.46. The number of nitrogens with zero attached hydrogens (tertiary/aromatic N) is 8. The first-order valence-corrected chi connectivity index (χ1v) is 51.2. The van der Waals surface area contributed by atoms with Gasteiger partial charge in [-0.3, -0.25) is 0 Å². The van der Waals surface area contributed by atoms with Crippen molar-refractivity contribution < 1.29 is 0 Å². The Kier molecular flexibility index (Phi) is 19.0. The molecule has 8 nitrogen and oxygen atoms in total. The molecule has 22 aromatic carbocycles. The summed E-state index contributed by atoms with van der Waals surface area (Å²) in [5, 5.41) is 21.6. The highest BCUT2D eigenvalue weighted by Gasteiger charge is 2.39. The van der Waals surface area contributed by atoms with Gasteiger partial charge in [-0.05, 0) is 250 Å². The van der Waals surface area contributed by atoms with Gasteiger partial charge in [-0.25, -0.2) is 29.9 Å². The van der Waals surface area contributed by atoms with Crippen LogP contribution in [-0.2, 0) is 5.41 Å². The van der Waals surface area contributed by atoms with Crippen molar-refractivity contribution in [1.29, 1.82) is 0 Å². The Hall–Kier alpha value is -17.8. The van der Waals surface area contributed by atoms with Crippen LogP contribution in [0.3, 0.4) is 0 Å². The Balaban J connectivity index is 0.000000142. The van der Waals surface area contributed by atoms with Crippen molar-refractivity contribution in [2.75, 3.05) is 0 Å². The number of fused-ring (bicyclic) bond motifs is 18. The van der Waals surface area contributed by atoms with Crippen molar-refractivity contribution in [3.8, 4) is 146 Å². The summed E-state index contributed by atoms with van der Waals surface area (Å²) in [6.45, 7) is 9.66. The minimum Gasteiger partial charge on any atom is -0.309 e. The maximum atomic E-state index is 5.46. The lowest BCUT2D eigenvalue weighted by Crippen LogP contribution is -2.49. The zero-order valence-corrected chi connectivity index (χ0v) is 78.5. The van der Waals surface area contributed by atoms with Crippen LogP contribution in [0, 0.1) is 0 Å². The largest absolute Gasteiger partial charge is 0.309 e. The second kappa shape index (κ2) is 32.5. The lowest BCUT2D eigenvalue weighted by Gasteiger charge is -2.22. The monoisotopic (exact) mass is 1800 g/mol. The van der Waals surface area contributed by atoms with Crippen molar-refractivity contribution in [3.05, 3.63) is 472 Å². The highest BCUT2D eigenvalue weighted by Crippen LogP contribution is 2.51. The first-order chi connectivity index (χ1) is 68.9. The molecule has 0 spiro atoms. The van der Waals surface area contributed by atoms with E-state index >= 15 is 0 Å². The van der Waals surface area contributed by atoms with E-state index in [1.807, 2.05) is 18.2 Å². The number of benzene rings is 22. The average molecular weight is 1800 g/mol. The van der Waals surface area contributed by atoms with E-state index in [4.69, 9.17) is 29.9 Å². The van der Waals surface area contributed by atoms with Gasteiger partial charge in [0.25, 0.3) is 0 Å². The molecule has 140 heavy (non-hydrogen) atoms. The molecular formula is C131H88N8Si. The van der Waals surface area contributed by atoms with Gasteiger partial charge in [0, 0.05) is 71.7 Å². The summed E-state index contributed by atoms with van der Waals surface area (Å²) in [6, 6.07) is 167. The summed E-state index contributed by atoms with van der Waals surface area (Å²) in [5.74, 6) is 3.85. The molecule has 1 aliphatic heterocycles. The summed E-state index contributed by atoms with van der Waals surface area (Å²) in [4.78, 5) is 31.7. The van der Waals surface area contributed by atoms with Gasteiger partial charge in [0.15, 0.2) is 34.9 Å². The van der Waals surface area contributed by atoms with Gasteiger partial charge in [-0.1, -0.05) is 391 Å². The molecule has 2 aliphatic rings. The van der Waals surface area contributed by atoms with Gasteiger partial charge >= 0.3 is 0 Å². The molecule has 0 saturated heterocycles. The fourth-order valence-corrected chi connectivity index (χ4v) is 25.7. The molecule has 0 radical (unpaired) electrons. The van der Waals surface area contributed by atoms with Gasteiger partial charge in [0.05, 0.1) is 22.1 Å². The van der Waals surface area contributed by atoms with E-state index in [1.54, 1.807) is 0 Å². The van der Waals surface area contributed by atoms with Crippen LogP contribution in [0.1, 0.15) is 25.0 Å². The number of rotatable bonds is 12. The van der Waals surface area contributed by atoms with E-state index in [1.165, 1.54) is 115 Å². The molecule has 0 saturated carbocycles. The molecule has 0 amide bonds. The lowest BCUT2D eigenvalue weighted by atomic mass is 9.81. The van der Waals surface area contributed by atoms with E-state index in [9.17, 15) is 0 Å². The van der Waals surface area contributed by atoms with Crippen LogP contribution >= 0.6 is 0 Å². The van der Waals surface area contributed by atoms with E-state index in [0.29, 0.717) is 34.9 Å². The summed E-state index contributed by atoms with van der Waals surface area (Å²) >= 11 is 0. The maximum Gasteiger partial charge on any atom is 0.165 e. The van der Waals surface area contributed by atoms with Crippen molar-refractivity contribution in [1.82, 2.24) is 39.0 Å². The Morgan fingerprint density at radius 3 is 1.16 bits per heavy atom. The Bertz CT molecular complexity index is 9400. The third-order valence-corrected chi connectivity index (χ3v) is 33.2. The number of hydrogen-bond donors (Lipinski definition) is 0. The smallest absolute Gasteiger partial charge is 0.165 e. The van der Waals surface area contributed by atoms with E-state index in [2.05, 4.69) is 479 Å². The standard InChI is InChI=1S/C69H46N4Si.C62H42N4/c1-74(2)63-26-14-12-24-58(63)59-37-33-47(42-64(59)74)44-31-35-52(36-32-44)73-61-25-13-11-23-57(61)60-41-46(34-38-62(60)73)43-27-29-45(30-28-43)67-70-68(65-53-19-7-3-15-48(53)39-49-16-4-8-20-54(49)65)72-69(71-67)66-55-21-9-5-17-50(55)40-51-18-6-10-22-56(51)66;1-62(2)55-27-10-8-24-49(55)50-31-29-45(38-56(50)62)42-20-13-23-48(35-42)66-57-28-11-9-25-51(57)54-37-44(30-32-58(54)66)41-19-12-22-47(34-41)60-63-59(39-15-4-3-5-16-39)64-61(65-60)52-26-14-21-46-33-40-17-6-7-18-43(40)36-53(46)52/h3-42H,1-2H3;3-38H,1-2H3. The number of aromatic nitrogens is 8. The van der Waals surface area contributed by atoms with Crippen LogP contribution in [0.5, 0.6) is 0 Å². The third-order valence-electron chi connectivity index (χ3n) is 29.6. The molecule has 0 fully saturated rings. The molecule has 9 heteroatoms. The fourth-order valence-electron chi connectivity index (χ4n) is 22.6. The zero-order chi connectivity index (χ0) is 93.0. The van der Waals surface area contributed by atoms with Gasteiger partial charge in [-0.2, -0.15) is 0 Å². The minimum atomic E-state index is -1.78. The van der Waals surface area contributed by atoms with Crippen molar-refractivity contribution in [3.63, 3.8) is 0 Å². The van der Waals surface area contributed by atoms with Crippen LogP contribution in [-0.4, -0.2) is 47.1 Å². The van der Waals surface area contributed by atoms with E-state index in [0.717, 1.165) is 126 Å². The number of para-hydroxylation sites is 2. The van der Waals surface area contributed by atoms with Crippen LogP contribution in [0.4, 0.5) is 0 Å². The first kappa shape index (κ1) is 81.8. The minimum absolute atomic E-state index is 0.0590. The molecule has 5 heterocycles. The predicted octanol–water partition coefficient (Wildman–Crippen LogP) is 32.6. The fraction of sp³-hybridized carbons (Fsp3) is 0.0382. The Morgan fingerprint density at radius 2 is 0.543 bits per heavy atom. The summed E-state index contributed by atoms with van der Waals surface area (Å²) in [6.07, 6.45) is 0. The number of hydrogen-bond acceptors (Lipinski definition) is 6. The van der Waals surface area contributed by atoms with Gasteiger partial charge in [-0.15, -0.1) is 0 Å². The van der Waals surface area contributed by atoms with E-state index in [-0.39, 0.29) is 5.41 Å². The molecule has 1 aliphatic carbocycles. The first-order valence-electron chi connectivity index (χ1n) is 48.2. The highest BCUT2D eigenvalue weighted by molar-refractivity contribution is 7.03. The zero-order valence-electron chi connectivity index (χ0n) is 77.5. The molecule has 0 atom stereocenters. The Labute approximate surface area is 810 Å². The molecular weight excluding hydrogens is 1710 g/mol. The summed E-state index contributed by atoms with van der Waals surface area (Å²) < 4.78 is 4.82. The highest BCUT2D eigenvalue weighted by atomic mass is 28.3. The van der Waals surface area contributed by atoms with Crippen LogP contribution < -0.4 is 10.4 Å². The predicted molar refractivity (Wildman–Crippen MR) is 587 cm³/mol. The molecule has 656 valence electrons. The van der Waals surface area contributed by atoms with Crippen molar-refractivity contribution >= 4 is 127 Å². The molecule has 4 aromatic heterocycles. The average Bonchev–Trinajstić information content (AvgIpc) is 1.72. The van der Waals surface area contributed by atoms with Gasteiger partial charge < -0.3 is 9.13 Å². The molecule has 26 aromatic rings. The van der Waals surface area contributed by atoms with Crippen LogP contribution in [0.2, 0.25) is 13.1 Å². The molecule has 0 N–H and O–H groups in total. The second-order valence-electron chi connectivity index (χ2n) is 38.4. The molecule has 0 unspecified atom stereocenters. The quantitative estimate of drug-likeness (QED) is 0.0895. The van der Waals surface area contributed by atoms with Gasteiger partial charge in [0.2, 0.25) is 0 Å². The Morgan fingerprint density at radius 1 is 0.186 bits per heavy atom. The van der Waals surface area contributed by atoms with E-state index < -0.39 is 8.07 Å². The third kappa shape index (κ3) is 13.5. The second-order valence-corrected chi connectivity index (χ2v) is 42.7. The molecule has 28 rings (SSSR count). The van der Waals surface area contributed by atoms with Gasteiger partial charge in [0.1, 0.15) is 8.07 Å². The van der Waals surface area contributed by atoms with Crippen LogP contribution in [0.15, 0.2) is 461 Å².